The molecule has 0 spiro atoms. The van der Waals surface area contributed by atoms with Gasteiger partial charge in [-0.3, -0.25) is 0 Å². The number of phenolic OH excluding ortho intramolecular Hbond substituents is 1. The van der Waals surface area contributed by atoms with Gasteiger partial charge in [-0.15, -0.1) is 0 Å². The predicted octanol–water partition coefficient (Wildman–Crippen LogP) is 5.74. The molecule has 1 fully saturated rings. The van der Waals surface area contributed by atoms with Gasteiger partial charge < -0.3 is 26.2 Å². The molecule has 0 aliphatic heterocycles. The number of aliphatic imine (C=N–C) groups is 1. The zero-order valence-electron chi connectivity index (χ0n) is 20.4. The number of halogens is 2. The van der Waals surface area contributed by atoms with Crippen LogP contribution in [0.15, 0.2) is 46.1 Å². The van der Waals surface area contributed by atoms with E-state index in [1.165, 1.54) is 12.1 Å². The van der Waals surface area contributed by atoms with Crippen molar-refractivity contribution in [1.29, 1.82) is 0 Å². The number of hydrogen-bond donors (Lipinski definition) is 4. The van der Waals surface area contributed by atoms with E-state index in [0.29, 0.717) is 16.3 Å². The number of phenols is 1. The normalized spacial score (nSPS) is 18.8. The van der Waals surface area contributed by atoms with Crippen LogP contribution in [0.25, 0.3) is 5.52 Å². The summed E-state index contributed by atoms with van der Waals surface area (Å²) in [4.78, 5) is 16.6. The summed E-state index contributed by atoms with van der Waals surface area (Å²) in [5, 5.41) is 21.0. The Morgan fingerprint density at radius 3 is 2.61 bits per heavy atom. The molecule has 36 heavy (non-hydrogen) atoms. The van der Waals surface area contributed by atoms with Gasteiger partial charge in [0.05, 0.1) is 33.7 Å². The third-order valence-electron chi connectivity index (χ3n) is 5.85. The van der Waals surface area contributed by atoms with Crippen molar-refractivity contribution in [3.8, 4) is 5.75 Å². The number of alkyl carbamates (subject to hydrolysis) is 1. The molecule has 4 rings (SSSR count). The van der Waals surface area contributed by atoms with Crippen molar-refractivity contribution >= 4 is 56.4 Å². The molecule has 2 aromatic heterocycles. The van der Waals surface area contributed by atoms with Gasteiger partial charge in [0.25, 0.3) is 0 Å². The molecule has 11 heteroatoms. The Morgan fingerprint density at radius 1 is 1.25 bits per heavy atom. The van der Waals surface area contributed by atoms with E-state index in [2.05, 4.69) is 36.7 Å². The van der Waals surface area contributed by atoms with Crippen molar-refractivity contribution in [2.45, 2.75) is 64.1 Å². The molecule has 192 valence electrons. The Balaban J connectivity index is 1.54. The minimum absolute atomic E-state index is 0.0535. The second-order valence-corrected chi connectivity index (χ2v) is 11.2. The van der Waals surface area contributed by atoms with E-state index < -0.39 is 5.60 Å². The van der Waals surface area contributed by atoms with Crippen LogP contribution in [0, 0.1) is 0 Å². The average molecular weight is 578 g/mol. The number of hydrogen-bond acceptors (Lipinski definition) is 6. The van der Waals surface area contributed by atoms with Crippen molar-refractivity contribution < 1.29 is 14.6 Å². The molecule has 1 aromatic carbocycles. The van der Waals surface area contributed by atoms with Crippen LogP contribution < -0.4 is 16.4 Å². The molecule has 1 amide bonds. The SMILES string of the molecule is CC(C)(C)OC(=O)NC1CCC(Nc2c(C(N)=Nc3ccc(O)cc3Cl)cnn3cc(Br)cc23)CC1. The molecule has 9 nitrogen and oxygen atoms in total. The lowest BCUT2D eigenvalue weighted by Gasteiger charge is -2.31. The molecule has 1 saturated carbocycles. The number of carbonyl (C=O) groups excluding carboxylic acids is 1. The molecule has 5 N–H and O–H groups in total. The number of aromatic nitrogens is 2. The number of nitrogens with two attached hydrogens (primary N) is 1. The second kappa shape index (κ2) is 10.6. The van der Waals surface area contributed by atoms with Crippen LogP contribution >= 0.6 is 27.5 Å². The first-order chi connectivity index (χ1) is 17.0. The summed E-state index contributed by atoms with van der Waals surface area (Å²) in [6.45, 7) is 5.56. The van der Waals surface area contributed by atoms with Crippen LogP contribution in [0.2, 0.25) is 5.02 Å². The first kappa shape index (κ1) is 26.1. The Hall–Kier alpha value is -2.98. The van der Waals surface area contributed by atoms with Crippen molar-refractivity contribution in [2.24, 2.45) is 10.7 Å². The number of benzene rings is 1. The third kappa shape index (κ3) is 6.41. The fourth-order valence-electron chi connectivity index (χ4n) is 4.21. The number of carbonyl (C=O) groups is 1. The summed E-state index contributed by atoms with van der Waals surface area (Å²) in [6.07, 6.45) is 6.53. The molecule has 0 unspecified atom stereocenters. The molecule has 0 atom stereocenters. The van der Waals surface area contributed by atoms with Gasteiger partial charge in [0, 0.05) is 28.8 Å². The highest BCUT2D eigenvalue weighted by atomic mass is 79.9. The summed E-state index contributed by atoms with van der Waals surface area (Å²) in [7, 11) is 0. The van der Waals surface area contributed by atoms with Crippen molar-refractivity contribution in [2.75, 3.05) is 5.32 Å². The van der Waals surface area contributed by atoms with Gasteiger partial charge in [-0.05, 0) is 80.6 Å². The topological polar surface area (TPSA) is 126 Å². The number of anilines is 1. The van der Waals surface area contributed by atoms with Crippen LogP contribution in [0.5, 0.6) is 5.75 Å². The molecule has 1 aliphatic carbocycles. The van der Waals surface area contributed by atoms with Gasteiger partial charge in [0.15, 0.2) is 0 Å². The number of amidine groups is 1. The van der Waals surface area contributed by atoms with E-state index in [-0.39, 0.29) is 29.8 Å². The van der Waals surface area contributed by atoms with E-state index in [0.717, 1.165) is 41.4 Å². The van der Waals surface area contributed by atoms with Gasteiger partial charge in [-0.25, -0.2) is 14.3 Å². The highest BCUT2D eigenvalue weighted by Crippen LogP contribution is 2.32. The van der Waals surface area contributed by atoms with Crippen molar-refractivity contribution in [3.05, 3.63) is 51.7 Å². The molecular weight excluding hydrogens is 548 g/mol. The Kier molecular flexibility index (Phi) is 7.65. The molecular formula is C25H30BrClN6O3. The van der Waals surface area contributed by atoms with Crippen LogP contribution in [-0.4, -0.2) is 44.3 Å². The fraction of sp³-hybridized carbons (Fsp3) is 0.400. The summed E-state index contributed by atoms with van der Waals surface area (Å²) in [5.74, 6) is 0.301. The zero-order chi connectivity index (χ0) is 26.0. The standard InChI is InChI=1S/C25H30BrClN6O3/c1-25(2,3)36-24(35)31-16-6-4-15(5-7-16)30-22-18(12-29-33-13-14(26)10-21(22)33)23(28)32-20-9-8-17(34)11-19(20)27/h8-13,15-16,30,34H,4-7H2,1-3H3,(H2,28,32)(H,31,35). The van der Waals surface area contributed by atoms with Crippen LogP contribution in [0.3, 0.4) is 0 Å². The van der Waals surface area contributed by atoms with Gasteiger partial charge >= 0.3 is 6.09 Å². The van der Waals surface area contributed by atoms with Crippen LogP contribution in [0.1, 0.15) is 52.0 Å². The summed E-state index contributed by atoms with van der Waals surface area (Å²) in [5.41, 5.74) is 8.66. The summed E-state index contributed by atoms with van der Waals surface area (Å²) in [6, 6.07) is 6.74. The lowest BCUT2D eigenvalue weighted by atomic mass is 9.91. The highest BCUT2D eigenvalue weighted by molar-refractivity contribution is 9.10. The maximum Gasteiger partial charge on any atom is 0.407 e. The largest absolute Gasteiger partial charge is 0.508 e. The summed E-state index contributed by atoms with van der Waals surface area (Å²) >= 11 is 9.76. The number of nitrogens with one attached hydrogen (secondary N) is 2. The second-order valence-electron chi connectivity index (χ2n) is 9.89. The smallest absolute Gasteiger partial charge is 0.407 e. The molecule has 3 aromatic rings. The zero-order valence-corrected chi connectivity index (χ0v) is 22.7. The van der Waals surface area contributed by atoms with E-state index in [1.54, 1.807) is 16.8 Å². The molecule has 0 radical (unpaired) electrons. The third-order valence-corrected chi connectivity index (χ3v) is 6.58. The fourth-order valence-corrected chi connectivity index (χ4v) is 4.84. The van der Waals surface area contributed by atoms with E-state index >= 15 is 0 Å². The molecule has 1 aliphatic rings. The molecule has 2 heterocycles. The maximum absolute atomic E-state index is 12.1. The monoisotopic (exact) mass is 576 g/mol. The summed E-state index contributed by atoms with van der Waals surface area (Å²) < 4.78 is 8.05. The lowest BCUT2D eigenvalue weighted by molar-refractivity contribution is 0.0492. The molecule has 0 bridgehead atoms. The minimum atomic E-state index is -0.525. The highest BCUT2D eigenvalue weighted by Gasteiger charge is 2.26. The number of rotatable bonds is 5. The first-order valence-electron chi connectivity index (χ1n) is 11.7. The van der Waals surface area contributed by atoms with E-state index in [1.807, 2.05) is 33.0 Å². The Labute approximate surface area is 223 Å². The minimum Gasteiger partial charge on any atom is -0.508 e. The van der Waals surface area contributed by atoms with Gasteiger partial charge in [-0.1, -0.05) is 11.6 Å². The number of amides is 1. The van der Waals surface area contributed by atoms with Gasteiger partial charge in [0.2, 0.25) is 0 Å². The Morgan fingerprint density at radius 2 is 1.94 bits per heavy atom. The quantitative estimate of drug-likeness (QED) is 0.226. The van der Waals surface area contributed by atoms with E-state index in [4.69, 9.17) is 22.1 Å². The maximum atomic E-state index is 12.1. The number of ether oxygens (including phenoxy) is 1. The van der Waals surface area contributed by atoms with Crippen molar-refractivity contribution in [3.63, 3.8) is 0 Å². The number of fused-ring (bicyclic) bond motifs is 1. The predicted molar refractivity (Wildman–Crippen MR) is 145 cm³/mol. The molecule has 0 saturated heterocycles. The average Bonchev–Trinajstić information content (AvgIpc) is 3.16. The lowest BCUT2D eigenvalue weighted by Crippen LogP contribution is -2.42. The van der Waals surface area contributed by atoms with E-state index in [9.17, 15) is 9.90 Å². The van der Waals surface area contributed by atoms with Crippen LogP contribution in [0.4, 0.5) is 16.2 Å². The number of nitrogens with zero attached hydrogens (tertiary/aromatic N) is 3. The van der Waals surface area contributed by atoms with Gasteiger partial charge in [0.1, 0.15) is 17.2 Å². The van der Waals surface area contributed by atoms with Crippen LogP contribution in [-0.2, 0) is 4.74 Å². The van der Waals surface area contributed by atoms with Gasteiger partial charge in [-0.2, -0.15) is 5.10 Å². The Bertz CT molecular complexity index is 1290. The van der Waals surface area contributed by atoms with Crippen molar-refractivity contribution in [1.82, 2.24) is 14.9 Å². The first-order valence-corrected chi connectivity index (χ1v) is 12.9. The number of aromatic hydroxyl groups is 1.